The Balaban J connectivity index is 2.07. The molecule has 0 aliphatic heterocycles. The van der Waals surface area contributed by atoms with Crippen LogP contribution < -0.4 is 0 Å². The number of likely N-dealkylation sites (N-methyl/N-ethyl adjacent to an activating group) is 1. The van der Waals surface area contributed by atoms with Crippen LogP contribution in [-0.2, 0) is 11.3 Å². The Hall–Kier alpha value is -2.14. The molecular formula is C14H16N2O3. The van der Waals surface area contributed by atoms with E-state index in [1.54, 1.807) is 11.2 Å². The number of aromatic nitrogens is 1. The van der Waals surface area contributed by atoms with Crippen molar-refractivity contribution in [2.45, 2.75) is 13.5 Å². The molecule has 19 heavy (non-hydrogen) atoms. The summed E-state index contributed by atoms with van der Waals surface area (Å²) < 4.78 is 5.42. The van der Waals surface area contributed by atoms with E-state index in [4.69, 9.17) is 9.52 Å². The third kappa shape index (κ3) is 3.66. The number of carboxylic acid groups (broad SMARTS) is 1. The predicted octanol–water partition coefficient (Wildman–Crippen LogP) is 2.25. The summed E-state index contributed by atoms with van der Waals surface area (Å²) in [5.74, 6) is -0.282. The van der Waals surface area contributed by atoms with Crippen molar-refractivity contribution >= 4 is 5.97 Å². The summed E-state index contributed by atoms with van der Waals surface area (Å²) in [4.78, 5) is 16.9. The second-order valence-corrected chi connectivity index (χ2v) is 4.21. The summed E-state index contributed by atoms with van der Waals surface area (Å²) in [6, 6.07) is 9.61. The fourth-order valence-electron chi connectivity index (χ4n) is 1.79. The number of nitrogens with zero attached hydrogens (tertiary/aromatic N) is 2. The van der Waals surface area contributed by atoms with E-state index in [1.807, 2.05) is 37.3 Å². The lowest BCUT2D eigenvalue weighted by Crippen LogP contribution is -2.29. The van der Waals surface area contributed by atoms with Crippen LogP contribution in [0, 0.1) is 0 Å². The topological polar surface area (TPSA) is 66.6 Å². The van der Waals surface area contributed by atoms with Crippen LogP contribution in [0.5, 0.6) is 0 Å². The van der Waals surface area contributed by atoms with E-state index < -0.39 is 5.97 Å². The minimum Gasteiger partial charge on any atom is -0.480 e. The SMILES string of the molecule is CCN(CC(=O)O)Cc1coc(-c2ccccc2)n1. The molecule has 0 spiro atoms. The summed E-state index contributed by atoms with van der Waals surface area (Å²) in [6.45, 7) is 3.05. The van der Waals surface area contributed by atoms with Crippen LogP contribution >= 0.6 is 0 Å². The minimum absolute atomic E-state index is 0.00400. The highest BCUT2D eigenvalue weighted by atomic mass is 16.4. The Labute approximate surface area is 111 Å². The van der Waals surface area contributed by atoms with E-state index >= 15 is 0 Å². The van der Waals surface area contributed by atoms with Crippen molar-refractivity contribution < 1.29 is 14.3 Å². The molecule has 0 bridgehead atoms. The van der Waals surface area contributed by atoms with Crippen LogP contribution in [0.4, 0.5) is 0 Å². The third-order valence-corrected chi connectivity index (χ3v) is 2.76. The molecule has 0 saturated heterocycles. The van der Waals surface area contributed by atoms with Crippen molar-refractivity contribution in [2.75, 3.05) is 13.1 Å². The Kier molecular flexibility index (Phi) is 4.30. The number of hydrogen-bond donors (Lipinski definition) is 1. The molecule has 2 aromatic rings. The average Bonchev–Trinajstić information content (AvgIpc) is 2.87. The van der Waals surface area contributed by atoms with E-state index in [-0.39, 0.29) is 6.54 Å². The summed E-state index contributed by atoms with van der Waals surface area (Å²) in [5.41, 5.74) is 1.65. The monoisotopic (exact) mass is 260 g/mol. The van der Waals surface area contributed by atoms with Gasteiger partial charge in [0.25, 0.3) is 0 Å². The first-order valence-electron chi connectivity index (χ1n) is 6.13. The number of carbonyl (C=O) groups is 1. The Morgan fingerprint density at radius 1 is 1.37 bits per heavy atom. The van der Waals surface area contributed by atoms with Crippen LogP contribution in [-0.4, -0.2) is 34.0 Å². The van der Waals surface area contributed by atoms with Crippen molar-refractivity contribution in [3.8, 4) is 11.5 Å². The molecule has 0 amide bonds. The van der Waals surface area contributed by atoms with E-state index in [0.717, 1.165) is 11.3 Å². The molecule has 0 aliphatic rings. The number of aliphatic carboxylic acids is 1. The van der Waals surface area contributed by atoms with Gasteiger partial charge in [-0.1, -0.05) is 25.1 Å². The molecule has 100 valence electrons. The van der Waals surface area contributed by atoms with Crippen LogP contribution in [0.15, 0.2) is 41.0 Å². The zero-order valence-corrected chi connectivity index (χ0v) is 10.7. The highest BCUT2D eigenvalue weighted by Crippen LogP contribution is 2.18. The number of oxazole rings is 1. The normalized spacial score (nSPS) is 10.8. The van der Waals surface area contributed by atoms with Gasteiger partial charge in [-0.15, -0.1) is 0 Å². The molecule has 5 nitrogen and oxygen atoms in total. The molecule has 0 unspecified atom stereocenters. The zero-order valence-electron chi connectivity index (χ0n) is 10.7. The molecule has 0 fully saturated rings. The van der Waals surface area contributed by atoms with Gasteiger partial charge in [-0.05, 0) is 18.7 Å². The van der Waals surface area contributed by atoms with Gasteiger partial charge in [0.05, 0.1) is 12.2 Å². The first kappa shape index (κ1) is 13.3. The zero-order chi connectivity index (χ0) is 13.7. The van der Waals surface area contributed by atoms with Crippen molar-refractivity contribution in [3.63, 3.8) is 0 Å². The van der Waals surface area contributed by atoms with Gasteiger partial charge in [-0.25, -0.2) is 4.98 Å². The number of benzene rings is 1. The maximum atomic E-state index is 10.7. The van der Waals surface area contributed by atoms with Gasteiger partial charge in [0.1, 0.15) is 6.26 Å². The Morgan fingerprint density at radius 2 is 2.11 bits per heavy atom. The van der Waals surface area contributed by atoms with Gasteiger partial charge in [0, 0.05) is 12.1 Å². The Morgan fingerprint density at radius 3 is 2.74 bits per heavy atom. The third-order valence-electron chi connectivity index (χ3n) is 2.76. The van der Waals surface area contributed by atoms with Gasteiger partial charge in [0.2, 0.25) is 5.89 Å². The maximum absolute atomic E-state index is 10.7. The second-order valence-electron chi connectivity index (χ2n) is 4.21. The lowest BCUT2D eigenvalue weighted by Gasteiger charge is -2.15. The lowest BCUT2D eigenvalue weighted by atomic mass is 10.2. The number of carboxylic acids is 1. The van der Waals surface area contributed by atoms with Crippen molar-refractivity contribution in [2.24, 2.45) is 0 Å². The summed E-state index contributed by atoms with van der Waals surface area (Å²) >= 11 is 0. The van der Waals surface area contributed by atoms with Gasteiger partial charge in [-0.3, -0.25) is 9.69 Å². The molecule has 1 aromatic carbocycles. The molecular weight excluding hydrogens is 244 g/mol. The molecule has 2 rings (SSSR count). The number of rotatable bonds is 6. The van der Waals surface area contributed by atoms with Crippen LogP contribution in [0.3, 0.4) is 0 Å². The minimum atomic E-state index is -0.839. The van der Waals surface area contributed by atoms with Crippen LogP contribution in [0.2, 0.25) is 0 Å². The van der Waals surface area contributed by atoms with E-state index in [0.29, 0.717) is 19.0 Å². The molecule has 5 heteroatoms. The second kappa shape index (κ2) is 6.15. The smallest absolute Gasteiger partial charge is 0.317 e. The first-order valence-corrected chi connectivity index (χ1v) is 6.13. The Bertz CT molecular complexity index is 537. The fourth-order valence-corrected chi connectivity index (χ4v) is 1.79. The molecule has 1 N–H and O–H groups in total. The summed E-state index contributed by atoms with van der Waals surface area (Å²) in [6.07, 6.45) is 1.58. The quantitative estimate of drug-likeness (QED) is 0.862. The summed E-state index contributed by atoms with van der Waals surface area (Å²) in [5, 5.41) is 8.79. The molecule has 0 radical (unpaired) electrons. The van der Waals surface area contributed by atoms with E-state index in [1.165, 1.54) is 0 Å². The van der Waals surface area contributed by atoms with Gasteiger partial charge in [-0.2, -0.15) is 0 Å². The van der Waals surface area contributed by atoms with Crippen molar-refractivity contribution in [1.29, 1.82) is 0 Å². The molecule has 0 atom stereocenters. The predicted molar refractivity (Wildman–Crippen MR) is 70.5 cm³/mol. The number of hydrogen-bond acceptors (Lipinski definition) is 4. The van der Waals surface area contributed by atoms with Crippen molar-refractivity contribution in [1.82, 2.24) is 9.88 Å². The van der Waals surface area contributed by atoms with E-state index in [9.17, 15) is 4.79 Å². The highest BCUT2D eigenvalue weighted by molar-refractivity contribution is 5.69. The standard InChI is InChI=1S/C14H16N2O3/c1-2-16(9-13(17)18)8-12-10-19-14(15-12)11-6-4-3-5-7-11/h3-7,10H,2,8-9H2,1H3,(H,17,18). The molecule has 0 aliphatic carbocycles. The summed E-state index contributed by atoms with van der Waals surface area (Å²) in [7, 11) is 0. The van der Waals surface area contributed by atoms with Gasteiger partial charge < -0.3 is 9.52 Å². The maximum Gasteiger partial charge on any atom is 0.317 e. The van der Waals surface area contributed by atoms with E-state index in [2.05, 4.69) is 4.98 Å². The van der Waals surface area contributed by atoms with Crippen LogP contribution in [0.1, 0.15) is 12.6 Å². The van der Waals surface area contributed by atoms with Gasteiger partial charge >= 0.3 is 5.97 Å². The molecule has 1 heterocycles. The van der Waals surface area contributed by atoms with Gasteiger partial charge in [0.15, 0.2) is 0 Å². The lowest BCUT2D eigenvalue weighted by molar-refractivity contribution is -0.138. The fraction of sp³-hybridized carbons (Fsp3) is 0.286. The van der Waals surface area contributed by atoms with Crippen LogP contribution in [0.25, 0.3) is 11.5 Å². The molecule has 0 saturated carbocycles. The first-order chi connectivity index (χ1) is 9.19. The highest BCUT2D eigenvalue weighted by Gasteiger charge is 2.12. The van der Waals surface area contributed by atoms with Crippen molar-refractivity contribution in [3.05, 3.63) is 42.3 Å². The molecule has 1 aromatic heterocycles. The largest absolute Gasteiger partial charge is 0.480 e. The average molecular weight is 260 g/mol.